The van der Waals surface area contributed by atoms with Crippen molar-refractivity contribution >= 4 is 21.9 Å². The summed E-state index contributed by atoms with van der Waals surface area (Å²) >= 11 is 3.27. The number of aryl methyl sites for hydroxylation is 1. The number of hydrogen-bond acceptors (Lipinski definition) is 4. The molecule has 0 bridgehead atoms. The first-order valence-corrected chi connectivity index (χ1v) is 5.85. The third-order valence-corrected chi connectivity index (χ3v) is 2.84. The lowest BCUT2D eigenvalue weighted by molar-refractivity contribution is 0.627. The van der Waals surface area contributed by atoms with Crippen molar-refractivity contribution in [3.8, 4) is 11.4 Å². The van der Waals surface area contributed by atoms with Crippen molar-refractivity contribution in [2.45, 2.75) is 13.3 Å². The predicted molar refractivity (Wildman–Crippen MR) is 66.7 cm³/mol. The lowest BCUT2D eigenvalue weighted by Crippen LogP contribution is -2.04. The van der Waals surface area contributed by atoms with Crippen molar-refractivity contribution in [1.82, 2.24) is 15.0 Å². The van der Waals surface area contributed by atoms with E-state index in [1.807, 2.05) is 6.92 Å². The SMILES string of the molecule is CCc1nc(N)nc(-c2ccc(F)cc2Br)n1. The van der Waals surface area contributed by atoms with Gasteiger partial charge >= 0.3 is 0 Å². The van der Waals surface area contributed by atoms with Crippen molar-refractivity contribution in [1.29, 1.82) is 0 Å². The van der Waals surface area contributed by atoms with Crippen LogP contribution in [-0.2, 0) is 6.42 Å². The molecular formula is C11H10BrFN4. The first-order valence-electron chi connectivity index (χ1n) is 5.06. The van der Waals surface area contributed by atoms with Gasteiger partial charge in [0.15, 0.2) is 5.82 Å². The zero-order valence-electron chi connectivity index (χ0n) is 9.11. The molecule has 0 aliphatic rings. The van der Waals surface area contributed by atoms with Gasteiger partial charge in [-0.3, -0.25) is 0 Å². The lowest BCUT2D eigenvalue weighted by atomic mass is 10.2. The van der Waals surface area contributed by atoms with Crippen LogP contribution >= 0.6 is 15.9 Å². The van der Waals surface area contributed by atoms with Crippen LogP contribution in [0.15, 0.2) is 22.7 Å². The number of aromatic nitrogens is 3. The summed E-state index contributed by atoms with van der Waals surface area (Å²) < 4.78 is 13.6. The second-order valence-corrected chi connectivity index (χ2v) is 4.27. The summed E-state index contributed by atoms with van der Waals surface area (Å²) in [7, 11) is 0. The quantitative estimate of drug-likeness (QED) is 0.925. The molecule has 1 aromatic heterocycles. The molecule has 4 nitrogen and oxygen atoms in total. The molecule has 2 rings (SSSR count). The van der Waals surface area contributed by atoms with Gasteiger partial charge in [0.2, 0.25) is 5.95 Å². The molecule has 0 unspecified atom stereocenters. The van der Waals surface area contributed by atoms with E-state index in [4.69, 9.17) is 5.73 Å². The maximum absolute atomic E-state index is 13.0. The van der Waals surface area contributed by atoms with Gasteiger partial charge in [-0.15, -0.1) is 0 Å². The standard InChI is InChI=1S/C11H10BrFN4/c1-2-9-15-10(17-11(14)16-9)7-4-3-6(13)5-8(7)12/h3-5H,2H2,1H3,(H2,14,15,16,17). The molecule has 2 N–H and O–H groups in total. The van der Waals surface area contributed by atoms with Crippen molar-refractivity contribution in [2.75, 3.05) is 5.73 Å². The molecular weight excluding hydrogens is 287 g/mol. The first kappa shape index (κ1) is 11.9. The average Bonchev–Trinajstić information content (AvgIpc) is 2.28. The minimum absolute atomic E-state index is 0.170. The Labute approximate surface area is 106 Å². The van der Waals surface area contributed by atoms with E-state index in [1.54, 1.807) is 6.07 Å². The normalized spacial score (nSPS) is 10.5. The van der Waals surface area contributed by atoms with Gasteiger partial charge in [0.25, 0.3) is 0 Å². The first-order chi connectivity index (χ1) is 8.10. The second kappa shape index (κ2) is 4.75. The monoisotopic (exact) mass is 296 g/mol. The van der Waals surface area contributed by atoms with Crippen LogP contribution in [0, 0.1) is 5.82 Å². The van der Waals surface area contributed by atoms with Crippen molar-refractivity contribution in [3.05, 3.63) is 34.3 Å². The number of benzene rings is 1. The van der Waals surface area contributed by atoms with Gasteiger partial charge in [-0.25, -0.2) is 9.37 Å². The van der Waals surface area contributed by atoms with Gasteiger partial charge in [0.05, 0.1) is 0 Å². The van der Waals surface area contributed by atoms with Gasteiger partial charge in [0, 0.05) is 16.5 Å². The summed E-state index contributed by atoms with van der Waals surface area (Å²) in [6.07, 6.45) is 0.665. The second-order valence-electron chi connectivity index (χ2n) is 3.41. The van der Waals surface area contributed by atoms with Gasteiger partial charge in [-0.05, 0) is 34.1 Å². The molecule has 0 radical (unpaired) electrons. The molecule has 0 amide bonds. The molecule has 0 saturated heterocycles. The summed E-state index contributed by atoms with van der Waals surface area (Å²) in [5, 5.41) is 0. The van der Waals surface area contributed by atoms with Crippen LogP contribution in [-0.4, -0.2) is 15.0 Å². The molecule has 2 aromatic rings. The Hall–Kier alpha value is -1.56. The fourth-order valence-corrected chi connectivity index (χ4v) is 1.92. The zero-order valence-corrected chi connectivity index (χ0v) is 10.7. The molecule has 17 heavy (non-hydrogen) atoms. The van der Waals surface area contributed by atoms with E-state index in [0.29, 0.717) is 28.1 Å². The maximum atomic E-state index is 13.0. The average molecular weight is 297 g/mol. The largest absolute Gasteiger partial charge is 0.368 e. The number of nitrogens with zero attached hydrogens (tertiary/aromatic N) is 3. The zero-order chi connectivity index (χ0) is 12.4. The number of hydrogen-bond donors (Lipinski definition) is 1. The van der Waals surface area contributed by atoms with E-state index in [1.165, 1.54) is 12.1 Å². The smallest absolute Gasteiger partial charge is 0.223 e. The number of halogens is 2. The Morgan fingerprint density at radius 1 is 1.29 bits per heavy atom. The molecule has 0 aliphatic carbocycles. The van der Waals surface area contributed by atoms with Gasteiger partial charge in [-0.1, -0.05) is 6.92 Å². The minimum Gasteiger partial charge on any atom is -0.368 e. The van der Waals surface area contributed by atoms with Crippen LogP contribution in [0.5, 0.6) is 0 Å². The molecule has 6 heteroatoms. The highest BCUT2D eigenvalue weighted by atomic mass is 79.9. The summed E-state index contributed by atoms with van der Waals surface area (Å²) in [6, 6.07) is 4.32. The fraction of sp³-hybridized carbons (Fsp3) is 0.182. The van der Waals surface area contributed by atoms with E-state index in [2.05, 4.69) is 30.9 Å². The molecule has 1 heterocycles. The van der Waals surface area contributed by atoms with Crippen LogP contribution in [0.2, 0.25) is 0 Å². The summed E-state index contributed by atoms with van der Waals surface area (Å²) in [6.45, 7) is 1.93. The predicted octanol–water partition coefficient (Wildman–Crippen LogP) is 2.58. The summed E-state index contributed by atoms with van der Waals surface area (Å²) in [4.78, 5) is 12.3. The van der Waals surface area contributed by atoms with Crippen LogP contribution in [0.4, 0.5) is 10.3 Å². The molecule has 0 atom stereocenters. The van der Waals surface area contributed by atoms with Crippen molar-refractivity contribution < 1.29 is 4.39 Å². The Morgan fingerprint density at radius 2 is 2.06 bits per heavy atom. The fourth-order valence-electron chi connectivity index (χ4n) is 1.39. The van der Waals surface area contributed by atoms with Crippen LogP contribution in [0.1, 0.15) is 12.7 Å². The molecule has 0 saturated carbocycles. The number of nitrogens with two attached hydrogens (primary N) is 1. The van der Waals surface area contributed by atoms with Crippen molar-refractivity contribution in [3.63, 3.8) is 0 Å². The highest BCUT2D eigenvalue weighted by molar-refractivity contribution is 9.10. The van der Waals surface area contributed by atoms with Crippen molar-refractivity contribution in [2.24, 2.45) is 0 Å². The topological polar surface area (TPSA) is 64.7 Å². The minimum atomic E-state index is -0.321. The molecule has 0 fully saturated rings. The number of anilines is 1. The van der Waals surface area contributed by atoms with Gasteiger partial charge < -0.3 is 5.73 Å². The summed E-state index contributed by atoms with van der Waals surface area (Å²) in [5.74, 6) is 0.909. The molecule has 0 spiro atoms. The molecule has 0 aliphatic heterocycles. The van der Waals surface area contributed by atoms with Crippen LogP contribution < -0.4 is 5.73 Å². The van der Waals surface area contributed by atoms with E-state index in [-0.39, 0.29) is 11.8 Å². The van der Waals surface area contributed by atoms with E-state index in [0.717, 1.165) is 0 Å². The Balaban J connectivity index is 2.55. The Bertz CT molecular complexity index is 559. The van der Waals surface area contributed by atoms with Gasteiger partial charge in [0.1, 0.15) is 11.6 Å². The number of nitrogen functional groups attached to an aromatic ring is 1. The third kappa shape index (κ3) is 2.58. The van der Waals surface area contributed by atoms with E-state index >= 15 is 0 Å². The van der Waals surface area contributed by atoms with Crippen LogP contribution in [0.25, 0.3) is 11.4 Å². The molecule has 1 aromatic carbocycles. The third-order valence-electron chi connectivity index (χ3n) is 2.19. The van der Waals surface area contributed by atoms with E-state index in [9.17, 15) is 4.39 Å². The lowest BCUT2D eigenvalue weighted by Gasteiger charge is -2.05. The highest BCUT2D eigenvalue weighted by Crippen LogP contribution is 2.26. The Kier molecular flexibility index (Phi) is 3.33. The summed E-state index contributed by atoms with van der Waals surface area (Å²) in [5.41, 5.74) is 6.29. The van der Waals surface area contributed by atoms with E-state index < -0.39 is 0 Å². The Morgan fingerprint density at radius 3 is 2.71 bits per heavy atom. The molecule has 88 valence electrons. The van der Waals surface area contributed by atoms with Crippen LogP contribution in [0.3, 0.4) is 0 Å². The highest BCUT2D eigenvalue weighted by Gasteiger charge is 2.09. The number of rotatable bonds is 2. The maximum Gasteiger partial charge on any atom is 0.223 e. The van der Waals surface area contributed by atoms with Gasteiger partial charge in [-0.2, -0.15) is 9.97 Å².